The smallest absolute Gasteiger partial charge is 0.134 e. The van der Waals surface area contributed by atoms with Crippen LogP contribution in [0.2, 0.25) is 0 Å². The lowest BCUT2D eigenvalue weighted by molar-refractivity contribution is 0.550. The summed E-state index contributed by atoms with van der Waals surface area (Å²) in [6.07, 6.45) is 4.26. The maximum Gasteiger partial charge on any atom is 0.134 e. The molecular weight excluding hydrogens is 200 g/mol. The van der Waals surface area contributed by atoms with Gasteiger partial charge in [-0.1, -0.05) is 6.07 Å². The Morgan fingerprint density at radius 2 is 2.50 bits per heavy atom. The first kappa shape index (κ1) is 11.4. The number of rotatable bonds is 2. The van der Waals surface area contributed by atoms with Crippen LogP contribution in [0.4, 0.5) is 5.82 Å². The molecule has 0 saturated carbocycles. The van der Waals surface area contributed by atoms with Gasteiger partial charge in [-0.05, 0) is 25.8 Å². The summed E-state index contributed by atoms with van der Waals surface area (Å²) in [6.45, 7) is 4.70. The van der Waals surface area contributed by atoms with E-state index in [1.54, 1.807) is 0 Å². The molecule has 1 saturated heterocycles. The van der Waals surface area contributed by atoms with E-state index in [9.17, 15) is 0 Å². The van der Waals surface area contributed by atoms with Crippen LogP contribution in [0.15, 0.2) is 18.3 Å². The number of hydrogen-bond acceptors (Lipinski definition) is 4. The van der Waals surface area contributed by atoms with Gasteiger partial charge in [-0.3, -0.25) is 5.32 Å². The van der Waals surface area contributed by atoms with Crippen molar-refractivity contribution in [2.45, 2.75) is 32.4 Å². The van der Waals surface area contributed by atoms with E-state index in [1.165, 1.54) is 12.8 Å². The molecule has 0 bridgehead atoms. The Morgan fingerprint density at radius 1 is 1.62 bits per heavy atom. The minimum atomic E-state index is 0.551. The molecular formula is C12H20N4. The van der Waals surface area contributed by atoms with Crippen molar-refractivity contribution in [1.29, 1.82) is 0 Å². The number of pyridine rings is 1. The summed E-state index contributed by atoms with van der Waals surface area (Å²) in [6, 6.07) is 4.59. The highest BCUT2D eigenvalue weighted by Crippen LogP contribution is 2.18. The van der Waals surface area contributed by atoms with E-state index in [-0.39, 0.29) is 0 Å². The molecule has 1 aromatic rings. The summed E-state index contributed by atoms with van der Waals surface area (Å²) >= 11 is 0. The highest BCUT2D eigenvalue weighted by molar-refractivity contribution is 5.46. The maximum atomic E-state index is 5.74. The zero-order valence-corrected chi connectivity index (χ0v) is 9.82. The quantitative estimate of drug-likeness (QED) is 0.783. The fourth-order valence-electron chi connectivity index (χ4n) is 2.09. The maximum absolute atomic E-state index is 5.74. The third-order valence-corrected chi connectivity index (χ3v) is 3.08. The topological polar surface area (TPSA) is 54.2 Å². The summed E-state index contributed by atoms with van der Waals surface area (Å²) in [4.78, 5) is 6.73. The lowest BCUT2D eigenvalue weighted by atomic mass is 10.2. The number of nitrogens with one attached hydrogen (secondary N) is 1. The first-order valence-electron chi connectivity index (χ1n) is 5.93. The van der Waals surface area contributed by atoms with E-state index in [1.807, 2.05) is 12.3 Å². The van der Waals surface area contributed by atoms with Crippen LogP contribution in [0.25, 0.3) is 0 Å². The van der Waals surface area contributed by atoms with Gasteiger partial charge in [0.2, 0.25) is 0 Å². The fourth-order valence-corrected chi connectivity index (χ4v) is 2.09. The molecule has 3 N–H and O–H groups in total. The molecule has 2 rings (SSSR count). The highest BCUT2D eigenvalue weighted by Gasteiger charge is 2.16. The number of nitrogens with two attached hydrogens (primary N) is 1. The molecule has 4 nitrogen and oxygen atoms in total. The van der Waals surface area contributed by atoms with E-state index < -0.39 is 0 Å². The molecule has 0 aliphatic carbocycles. The van der Waals surface area contributed by atoms with Gasteiger partial charge in [-0.15, -0.1) is 0 Å². The van der Waals surface area contributed by atoms with Crippen LogP contribution in [0.3, 0.4) is 0 Å². The van der Waals surface area contributed by atoms with Crippen molar-refractivity contribution in [2.24, 2.45) is 5.73 Å². The molecule has 0 radical (unpaired) electrons. The first-order chi connectivity index (χ1) is 7.81. The fraction of sp³-hybridized carbons (Fsp3) is 0.583. The number of aromatic nitrogens is 1. The van der Waals surface area contributed by atoms with Crippen LogP contribution in [-0.4, -0.2) is 24.2 Å². The van der Waals surface area contributed by atoms with E-state index in [4.69, 9.17) is 5.73 Å². The van der Waals surface area contributed by atoms with Crippen LogP contribution in [0.5, 0.6) is 0 Å². The largest absolute Gasteiger partial charge is 0.344 e. The van der Waals surface area contributed by atoms with Crippen molar-refractivity contribution >= 4 is 5.82 Å². The average molecular weight is 220 g/mol. The van der Waals surface area contributed by atoms with Crippen molar-refractivity contribution in [2.75, 3.05) is 18.1 Å². The number of nitrogens with zero attached hydrogens (tertiary/aromatic N) is 2. The zero-order valence-electron chi connectivity index (χ0n) is 9.82. The Balaban J connectivity index is 2.16. The molecule has 1 aliphatic rings. The third-order valence-electron chi connectivity index (χ3n) is 3.08. The second-order valence-corrected chi connectivity index (χ2v) is 4.36. The Bertz CT molecular complexity index is 340. The molecule has 1 aliphatic heterocycles. The van der Waals surface area contributed by atoms with Crippen LogP contribution < -0.4 is 16.0 Å². The van der Waals surface area contributed by atoms with Crippen LogP contribution in [0.1, 0.15) is 25.3 Å². The van der Waals surface area contributed by atoms with Gasteiger partial charge >= 0.3 is 0 Å². The molecule has 0 aromatic carbocycles. The van der Waals surface area contributed by atoms with Crippen molar-refractivity contribution < 1.29 is 0 Å². The summed E-state index contributed by atoms with van der Waals surface area (Å²) in [5.41, 5.74) is 6.86. The van der Waals surface area contributed by atoms with Crippen LogP contribution in [0, 0.1) is 0 Å². The van der Waals surface area contributed by atoms with Crippen molar-refractivity contribution in [3.05, 3.63) is 23.9 Å². The van der Waals surface area contributed by atoms with Crippen LogP contribution >= 0.6 is 0 Å². The molecule has 1 atom stereocenters. The molecule has 0 spiro atoms. The predicted molar refractivity (Wildman–Crippen MR) is 66.2 cm³/mol. The lowest BCUT2D eigenvalue weighted by Gasteiger charge is -2.24. The van der Waals surface area contributed by atoms with Gasteiger partial charge in [0.25, 0.3) is 0 Å². The van der Waals surface area contributed by atoms with Gasteiger partial charge in [-0.25, -0.2) is 4.98 Å². The molecule has 0 amide bonds. The van der Waals surface area contributed by atoms with Gasteiger partial charge in [0, 0.05) is 30.9 Å². The minimum absolute atomic E-state index is 0.551. The SMILES string of the molecule is CC1CCCN(c2ncccc2CN)CN1. The summed E-state index contributed by atoms with van der Waals surface area (Å²) < 4.78 is 0. The highest BCUT2D eigenvalue weighted by atomic mass is 15.3. The lowest BCUT2D eigenvalue weighted by Crippen LogP contribution is -2.36. The van der Waals surface area contributed by atoms with Gasteiger partial charge in [0.15, 0.2) is 0 Å². The predicted octanol–water partition coefficient (Wildman–Crippen LogP) is 1.08. The monoisotopic (exact) mass is 220 g/mol. The minimum Gasteiger partial charge on any atom is -0.344 e. The van der Waals surface area contributed by atoms with Crippen molar-refractivity contribution in [3.63, 3.8) is 0 Å². The first-order valence-corrected chi connectivity index (χ1v) is 5.93. The zero-order chi connectivity index (χ0) is 11.4. The normalized spacial score (nSPS) is 21.9. The van der Waals surface area contributed by atoms with Crippen LogP contribution in [-0.2, 0) is 6.54 Å². The molecule has 1 unspecified atom stereocenters. The second kappa shape index (κ2) is 5.27. The summed E-state index contributed by atoms with van der Waals surface area (Å²) in [7, 11) is 0. The van der Waals surface area contributed by atoms with Gasteiger partial charge < -0.3 is 10.6 Å². The van der Waals surface area contributed by atoms with Gasteiger partial charge in [0.1, 0.15) is 5.82 Å². The van der Waals surface area contributed by atoms with Crippen molar-refractivity contribution in [3.8, 4) is 0 Å². The van der Waals surface area contributed by atoms with Gasteiger partial charge in [0.05, 0.1) is 6.67 Å². The van der Waals surface area contributed by atoms with Gasteiger partial charge in [-0.2, -0.15) is 0 Å². The second-order valence-electron chi connectivity index (χ2n) is 4.36. The number of anilines is 1. The molecule has 2 heterocycles. The molecule has 1 aromatic heterocycles. The number of hydrogen-bond donors (Lipinski definition) is 2. The van der Waals surface area contributed by atoms with E-state index >= 15 is 0 Å². The molecule has 88 valence electrons. The Labute approximate surface area is 96.8 Å². The Kier molecular flexibility index (Phi) is 3.74. The van der Waals surface area contributed by atoms with E-state index in [2.05, 4.69) is 28.2 Å². The third kappa shape index (κ3) is 2.51. The average Bonchev–Trinajstić information content (AvgIpc) is 2.54. The summed E-state index contributed by atoms with van der Waals surface area (Å²) in [5, 5.41) is 3.49. The molecule has 4 heteroatoms. The standard InChI is InChI=1S/C12H20N4/c1-10-4-3-7-16(9-15-10)12-11(8-13)5-2-6-14-12/h2,5-6,10,15H,3-4,7-9,13H2,1H3. The molecule has 16 heavy (non-hydrogen) atoms. The molecule has 1 fully saturated rings. The summed E-state index contributed by atoms with van der Waals surface area (Å²) in [5.74, 6) is 1.03. The van der Waals surface area contributed by atoms with E-state index in [0.29, 0.717) is 12.6 Å². The Morgan fingerprint density at radius 3 is 3.31 bits per heavy atom. The Hall–Kier alpha value is -1.13. The van der Waals surface area contributed by atoms with E-state index in [0.717, 1.165) is 24.6 Å². The van der Waals surface area contributed by atoms with Crippen molar-refractivity contribution in [1.82, 2.24) is 10.3 Å².